The van der Waals surface area contributed by atoms with Gasteiger partial charge in [-0.25, -0.2) is 9.18 Å². The highest BCUT2D eigenvalue weighted by atomic mass is 19.1. The SMILES string of the molecule is COC(=O)C(O)c1ccc(F)c(-c2ccccc2)c1. The number of ether oxygens (including phenoxy) is 1. The molecule has 0 aliphatic carbocycles. The third-order valence-corrected chi connectivity index (χ3v) is 2.82. The first-order valence-electron chi connectivity index (χ1n) is 5.74. The molecule has 2 aromatic carbocycles. The second-order valence-corrected chi connectivity index (χ2v) is 4.03. The predicted molar refractivity (Wildman–Crippen MR) is 68.8 cm³/mol. The van der Waals surface area contributed by atoms with Gasteiger partial charge in [-0.3, -0.25) is 0 Å². The van der Waals surface area contributed by atoms with Gasteiger partial charge in [0.1, 0.15) is 5.82 Å². The van der Waals surface area contributed by atoms with Crippen LogP contribution in [-0.4, -0.2) is 18.2 Å². The van der Waals surface area contributed by atoms with E-state index in [1.54, 1.807) is 24.3 Å². The number of aliphatic hydroxyl groups excluding tert-OH is 1. The Kier molecular flexibility index (Phi) is 3.92. The number of hydrogen-bond donors (Lipinski definition) is 1. The molecule has 0 saturated carbocycles. The third-order valence-electron chi connectivity index (χ3n) is 2.82. The Labute approximate surface area is 110 Å². The Morgan fingerprint density at radius 2 is 1.89 bits per heavy atom. The summed E-state index contributed by atoms with van der Waals surface area (Å²) in [5, 5.41) is 9.75. The van der Waals surface area contributed by atoms with Crippen LogP contribution >= 0.6 is 0 Å². The smallest absolute Gasteiger partial charge is 0.339 e. The standard InChI is InChI=1S/C15H13FO3/c1-19-15(18)14(17)11-7-8-13(16)12(9-11)10-5-3-2-4-6-10/h2-9,14,17H,1H3. The molecule has 0 saturated heterocycles. The van der Waals surface area contributed by atoms with Gasteiger partial charge >= 0.3 is 5.97 Å². The number of halogens is 1. The molecule has 3 nitrogen and oxygen atoms in total. The number of benzene rings is 2. The van der Waals surface area contributed by atoms with Crippen molar-refractivity contribution in [2.75, 3.05) is 7.11 Å². The summed E-state index contributed by atoms with van der Waals surface area (Å²) in [4.78, 5) is 11.3. The number of aliphatic hydroxyl groups is 1. The van der Waals surface area contributed by atoms with Crippen molar-refractivity contribution < 1.29 is 19.0 Å². The molecule has 2 aromatic rings. The van der Waals surface area contributed by atoms with E-state index < -0.39 is 17.9 Å². The quantitative estimate of drug-likeness (QED) is 0.863. The summed E-state index contributed by atoms with van der Waals surface area (Å²) in [5.41, 5.74) is 1.31. The zero-order valence-electron chi connectivity index (χ0n) is 10.3. The molecule has 0 aliphatic rings. The fourth-order valence-corrected chi connectivity index (χ4v) is 1.80. The molecular weight excluding hydrogens is 247 g/mol. The molecule has 1 N–H and O–H groups in total. The first kappa shape index (κ1) is 13.2. The Balaban J connectivity index is 2.43. The summed E-state index contributed by atoms with van der Waals surface area (Å²) in [6.45, 7) is 0. The largest absolute Gasteiger partial charge is 0.467 e. The molecule has 0 heterocycles. The van der Waals surface area contributed by atoms with Gasteiger partial charge in [-0.15, -0.1) is 0 Å². The van der Waals surface area contributed by atoms with Crippen LogP contribution in [-0.2, 0) is 9.53 Å². The maximum absolute atomic E-state index is 13.8. The van der Waals surface area contributed by atoms with Crippen LogP contribution in [0.5, 0.6) is 0 Å². The molecule has 1 atom stereocenters. The van der Waals surface area contributed by atoms with Crippen LogP contribution in [0.25, 0.3) is 11.1 Å². The van der Waals surface area contributed by atoms with E-state index in [0.717, 1.165) is 0 Å². The zero-order chi connectivity index (χ0) is 13.8. The molecular formula is C15H13FO3. The lowest BCUT2D eigenvalue weighted by molar-refractivity contribution is -0.150. The fourth-order valence-electron chi connectivity index (χ4n) is 1.80. The maximum atomic E-state index is 13.8. The average molecular weight is 260 g/mol. The molecule has 0 fully saturated rings. The monoisotopic (exact) mass is 260 g/mol. The second kappa shape index (κ2) is 5.63. The van der Waals surface area contributed by atoms with E-state index in [1.807, 2.05) is 6.07 Å². The molecule has 1 unspecified atom stereocenters. The van der Waals surface area contributed by atoms with Gasteiger partial charge in [-0.2, -0.15) is 0 Å². The molecule has 98 valence electrons. The summed E-state index contributed by atoms with van der Waals surface area (Å²) >= 11 is 0. The number of esters is 1. The topological polar surface area (TPSA) is 46.5 Å². The van der Waals surface area contributed by atoms with Crippen LogP contribution < -0.4 is 0 Å². The van der Waals surface area contributed by atoms with Crippen molar-refractivity contribution in [2.24, 2.45) is 0 Å². The number of hydrogen-bond acceptors (Lipinski definition) is 3. The number of rotatable bonds is 3. The zero-order valence-corrected chi connectivity index (χ0v) is 10.3. The minimum Gasteiger partial charge on any atom is -0.467 e. The lowest BCUT2D eigenvalue weighted by atomic mass is 10.00. The van der Waals surface area contributed by atoms with E-state index in [4.69, 9.17) is 0 Å². The van der Waals surface area contributed by atoms with Crippen LogP contribution in [0.2, 0.25) is 0 Å². The van der Waals surface area contributed by atoms with Gasteiger partial charge < -0.3 is 9.84 Å². The predicted octanol–water partition coefficient (Wildman–Crippen LogP) is 2.70. The number of carbonyl (C=O) groups excluding carboxylic acids is 1. The van der Waals surface area contributed by atoms with Crippen LogP contribution in [0.3, 0.4) is 0 Å². The van der Waals surface area contributed by atoms with Gasteiger partial charge in [0.2, 0.25) is 0 Å². The van der Waals surface area contributed by atoms with Crippen molar-refractivity contribution in [3.05, 3.63) is 59.9 Å². The summed E-state index contributed by atoms with van der Waals surface area (Å²) in [6.07, 6.45) is -1.41. The Morgan fingerprint density at radius 3 is 2.53 bits per heavy atom. The lowest BCUT2D eigenvalue weighted by Crippen LogP contribution is -2.13. The summed E-state index contributed by atoms with van der Waals surface area (Å²) in [6, 6.07) is 13.0. The second-order valence-electron chi connectivity index (χ2n) is 4.03. The molecule has 0 bridgehead atoms. The van der Waals surface area contributed by atoms with Crippen LogP contribution in [0.1, 0.15) is 11.7 Å². The molecule has 0 radical (unpaired) electrons. The van der Waals surface area contributed by atoms with E-state index in [1.165, 1.54) is 25.3 Å². The Bertz CT molecular complexity index is 581. The van der Waals surface area contributed by atoms with Crippen molar-refractivity contribution in [1.29, 1.82) is 0 Å². The average Bonchev–Trinajstić information content (AvgIpc) is 2.47. The highest BCUT2D eigenvalue weighted by Gasteiger charge is 2.19. The van der Waals surface area contributed by atoms with E-state index in [0.29, 0.717) is 16.7 Å². The Morgan fingerprint density at radius 1 is 1.21 bits per heavy atom. The van der Waals surface area contributed by atoms with Crippen molar-refractivity contribution in [3.8, 4) is 11.1 Å². The fraction of sp³-hybridized carbons (Fsp3) is 0.133. The van der Waals surface area contributed by atoms with Crippen LogP contribution in [0.4, 0.5) is 4.39 Å². The molecule has 0 spiro atoms. The van der Waals surface area contributed by atoms with Crippen molar-refractivity contribution in [3.63, 3.8) is 0 Å². The minimum atomic E-state index is -1.41. The number of carbonyl (C=O) groups is 1. The summed E-state index contributed by atoms with van der Waals surface area (Å²) < 4.78 is 18.3. The van der Waals surface area contributed by atoms with Gasteiger partial charge in [-0.05, 0) is 23.3 Å². The first-order valence-corrected chi connectivity index (χ1v) is 5.74. The summed E-state index contributed by atoms with van der Waals surface area (Å²) in [5.74, 6) is -1.18. The third kappa shape index (κ3) is 2.80. The molecule has 0 aromatic heterocycles. The summed E-state index contributed by atoms with van der Waals surface area (Å²) in [7, 11) is 1.19. The van der Waals surface area contributed by atoms with Gasteiger partial charge in [0.25, 0.3) is 0 Å². The van der Waals surface area contributed by atoms with E-state index >= 15 is 0 Å². The normalized spacial score (nSPS) is 11.9. The van der Waals surface area contributed by atoms with Crippen molar-refractivity contribution >= 4 is 5.97 Å². The minimum absolute atomic E-state index is 0.298. The van der Waals surface area contributed by atoms with E-state index in [9.17, 15) is 14.3 Å². The lowest BCUT2D eigenvalue weighted by Gasteiger charge is -2.11. The first-order chi connectivity index (χ1) is 9.13. The Hall–Kier alpha value is -2.20. The van der Waals surface area contributed by atoms with Crippen molar-refractivity contribution in [1.82, 2.24) is 0 Å². The molecule has 2 rings (SSSR count). The van der Waals surface area contributed by atoms with E-state index in [-0.39, 0.29) is 0 Å². The molecule has 0 amide bonds. The molecule has 4 heteroatoms. The number of methoxy groups -OCH3 is 1. The van der Waals surface area contributed by atoms with E-state index in [2.05, 4.69) is 4.74 Å². The van der Waals surface area contributed by atoms with Crippen LogP contribution in [0.15, 0.2) is 48.5 Å². The molecule has 19 heavy (non-hydrogen) atoms. The van der Waals surface area contributed by atoms with Gasteiger partial charge in [-0.1, -0.05) is 36.4 Å². The van der Waals surface area contributed by atoms with Gasteiger partial charge in [0.05, 0.1) is 7.11 Å². The van der Waals surface area contributed by atoms with Crippen LogP contribution in [0, 0.1) is 5.82 Å². The van der Waals surface area contributed by atoms with Crippen molar-refractivity contribution in [2.45, 2.75) is 6.10 Å². The highest BCUT2D eigenvalue weighted by molar-refractivity contribution is 5.77. The molecule has 0 aliphatic heterocycles. The highest BCUT2D eigenvalue weighted by Crippen LogP contribution is 2.26. The van der Waals surface area contributed by atoms with Gasteiger partial charge in [0.15, 0.2) is 6.10 Å². The maximum Gasteiger partial charge on any atom is 0.339 e. The van der Waals surface area contributed by atoms with Gasteiger partial charge in [0, 0.05) is 5.56 Å².